The number of esters is 1. The molecule has 0 saturated carbocycles. The number of ether oxygens (including phenoxy) is 1. The summed E-state index contributed by atoms with van der Waals surface area (Å²) < 4.78 is 8.28. The van der Waals surface area contributed by atoms with Crippen LogP contribution in [0.25, 0.3) is 16.6 Å². The van der Waals surface area contributed by atoms with Crippen LogP contribution in [0.2, 0.25) is 0 Å². The zero-order valence-corrected chi connectivity index (χ0v) is 16.9. The van der Waals surface area contributed by atoms with E-state index in [-0.39, 0.29) is 23.9 Å². The molecule has 0 saturated heterocycles. The minimum Gasteiger partial charge on any atom is -0.425 e. The molecule has 0 N–H and O–H groups in total. The first-order valence-corrected chi connectivity index (χ1v) is 10.1. The highest BCUT2D eigenvalue weighted by Crippen LogP contribution is 2.41. The van der Waals surface area contributed by atoms with Gasteiger partial charge in [-0.25, -0.2) is 0 Å². The van der Waals surface area contributed by atoms with Crippen molar-refractivity contribution >= 4 is 32.8 Å². The topological polar surface area (TPSA) is 48.3 Å². The summed E-state index contributed by atoms with van der Waals surface area (Å²) in [6, 6.07) is 24.8. The molecule has 2 heterocycles. The van der Waals surface area contributed by atoms with E-state index >= 15 is 0 Å². The predicted molar refractivity (Wildman–Crippen MR) is 116 cm³/mol. The van der Waals surface area contributed by atoms with Crippen LogP contribution in [-0.2, 0) is 4.79 Å². The number of nitrogens with zero attached hydrogens (tertiary/aromatic N) is 1. The van der Waals surface area contributed by atoms with Gasteiger partial charge in [0.2, 0.25) is 0 Å². The van der Waals surface area contributed by atoms with Gasteiger partial charge in [0.1, 0.15) is 5.75 Å². The number of benzene rings is 3. The molecule has 1 aliphatic heterocycles. The second kappa shape index (κ2) is 7.01. The summed E-state index contributed by atoms with van der Waals surface area (Å²) in [6.07, 6.45) is 0.136. The lowest BCUT2D eigenvalue weighted by Gasteiger charge is -2.27. The number of para-hydroxylation sites is 2. The lowest BCUT2D eigenvalue weighted by molar-refractivity contribution is -0.135. The van der Waals surface area contributed by atoms with E-state index in [9.17, 15) is 9.59 Å². The van der Waals surface area contributed by atoms with Crippen molar-refractivity contribution in [3.05, 3.63) is 105 Å². The van der Waals surface area contributed by atoms with Gasteiger partial charge in [-0.05, 0) is 42.0 Å². The number of aromatic nitrogens is 1. The van der Waals surface area contributed by atoms with Crippen LogP contribution in [0.5, 0.6) is 5.75 Å². The quantitative estimate of drug-likeness (QED) is 0.398. The lowest BCUT2D eigenvalue weighted by Crippen LogP contribution is -2.32. The van der Waals surface area contributed by atoms with Gasteiger partial charge in [0.05, 0.1) is 17.5 Å². The van der Waals surface area contributed by atoms with Crippen LogP contribution < -0.4 is 10.3 Å². The Labute approximate surface area is 175 Å². The highest BCUT2D eigenvalue weighted by molar-refractivity contribution is 9.10. The minimum absolute atomic E-state index is 0.136. The van der Waals surface area contributed by atoms with E-state index in [0.717, 1.165) is 21.1 Å². The molecular weight excluding hydrogens is 430 g/mol. The smallest absolute Gasteiger partial charge is 0.312 e. The van der Waals surface area contributed by atoms with Gasteiger partial charge in [-0.1, -0.05) is 58.4 Å². The van der Waals surface area contributed by atoms with Crippen molar-refractivity contribution in [3.8, 4) is 11.4 Å². The fourth-order valence-electron chi connectivity index (χ4n) is 3.99. The van der Waals surface area contributed by atoms with E-state index in [1.54, 1.807) is 4.57 Å². The third kappa shape index (κ3) is 2.98. The highest BCUT2D eigenvalue weighted by Gasteiger charge is 2.34. The first-order chi connectivity index (χ1) is 14.1. The maximum atomic E-state index is 13.7. The fourth-order valence-corrected chi connectivity index (χ4v) is 4.25. The SMILES string of the molecule is O=C1CC(c2ccc(Br)cc2)c2c(c3ccccc3n(-c3ccccc3)c2=O)O1. The van der Waals surface area contributed by atoms with Crippen LogP contribution in [0.1, 0.15) is 23.5 Å². The van der Waals surface area contributed by atoms with Gasteiger partial charge < -0.3 is 4.74 Å². The molecule has 5 rings (SSSR count). The van der Waals surface area contributed by atoms with Gasteiger partial charge in [0.15, 0.2) is 0 Å². The number of pyridine rings is 1. The molecule has 5 heteroatoms. The normalized spacial score (nSPS) is 15.8. The van der Waals surface area contributed by atoms with Gasteiger partial charge in [0.25, 0.3) is 5.56 Å². The molecule has 4 nitrogen and oxygen atoms in total. The molecule has 0 bridgehead atoms. The van der Waals surface area contributed by atoms with Crippen molar-refractivity contribution in [2.45, 2.75) is 12.3 Å². The first kappa shape index (κ1) is 17.9. The molecule has 3 aromatic carbocycles. The summed E-state index contributed by atoms with van der Waals surface area (Å²) in [6.45, 7) is 0. The van der Waals surface area contributed by atoms with Gasteiger partial charge in [-0.15, -0.1) is 0 Å². The van der Waals surface area contributed by atoms with Crippen molar-refractivity contribution in [3.63, 3.8) is 0 Å². The van der Waals surface area contributed by atoms with Gasteiger partial charge in [-0.3, -0.25) is 14.2 Å². The number of rotatable bonds is 2. The molecule has 1 aromatic heterocycles. The summed E-state index contributed by atoms with van der Waals surface area (Å²) in [5.74, 6) is -0.305. The highest BCUT2D eigenvalue weighted by atomic mass is 79.9. The number of carbonyl (C=O) groups excluding carboxylic acids is 1. The Morgan fingerprint density at radius 2 is 1.55 bits per heavy atom. The Bertz CT molecular complexity index is 1290. The Morgan fingerprint density at radius 1 is 0.862 bits per heavy atom. The van der Waals surface area contributed by atoms with E-state index in [0.29, 0.717) is 16.8 Å². The summed E-state index contributed by atoms with van der Waals surface area (Å²) in [5.41, 5.74) is 2.77. The Hall–Kier alpha value is -3.18. The summed E-state index contributed by atoms with van der Waals surface area (Å²) in [4.78, 5) is 26.2. The number of halogens is 1. The average molecular weight is 446 g/mol. The molecule has 0 radical (unpaired) electrons. The maximum absolute atomic E-state index is 13.7. The second-order valence-corrected chi connectivity index (χ2v) is 7.93. The van der Waals surface area contributed by atoms with Crippen molar-refractivity contribution < 1.29 is 9.53 Å². The number of carbonyl (C=O) groups is 1. The van der Waals surface area contributed by atoms with Gasteiger partial charge >= 0.3 is 5.97 Å². The lowest BCUT2D eigenvalue weighted by atomic mass is 9.86. The number of hydrogen-bond acceptors (Lipinski definition) is 3. The Morgan fingerprint density at radius 3 is 2.31 bits per heavy atom. The molecule has 0 aliphatic carbocycles. The number of hydrogen-bond donors (Lipinski definition) is 0. The Kier molecular flexibility index (Phi) is 4.32. The largest absolute Gasteiger partial charge is 0.425 e. The van der Waals surface area contributed by atoms with Crippen LogP contribution in [0, 0.1) is 0 Å². The van der Waals surface area contributed by atoms with Crippen LogP contribution >= 0.6 is 15.9 Å². The predicted octanol–water partition coefficient (Wildman–Crippen LogP) is 5.19. The number of fused-ring (bicyclic) bond motifs is 3. The van der Waals surface area contributed by atoms with Crippen molar-refractivity contribution in [2.75, 3.05) is 0 Å². The van der Waals surface area contributed by atoms with E-state index in [4.69, 9.17) is 4.74 Å². The second-order valence-electron chi connectivity index (χ2n) is 7.02. The van der Waals surface area contributed by atoms with Crippen molar-refractivity contribution in [2.24, 2.45) is 0 Å². The van der Waals surface area contributed by atoms with Crippen LogP contribution in [0.3, 0.4) is 0 Å². The molecule has 142 valence electrons. The zero-order chi connectivity index (χ0) is 20.0. The molecule has 4 aromatic rings. The maximum Gasteiger partial charge on any atom is 0.312 e. The van der Waals surface area contributed by atoms with Crippen LogP contribution in [0.4, 0.5) is 0 Å². The Balaban J connectivity index is 1.87. The third-order valence-corrected chi connectivity index (χ3v) is 5.82. The molecule has 1 aliphatic rings. The van der Waals surface area contributed by atoms with Gasteiger partial charge in [-0.2, -0.15) is 0 Å². The molecule has 1 unspecified atom stereocenters. The molecule has 0 amide bonds. The average Bonchev–Trinajstić information content (AvgIpc) is 2.74. The monoisotopic (exact) mass is 445 g/mol. The molecule has 29 heavy (non-hydrogen) atoms. The van der Waals surface area contributed by atoms with E-state index in [1.807, 2.05) is 78.9 Å². The first-order valence-electron chi connectivity index (χ1n) is 9.32. The van der Waals surface area contributed by atoms with E-state index < -0.39 is 0 Å². The van der Waals surface area contributed by atoms with Crippen LogP contribution in [-0.4, -0.2) is 10.5 Å². The van der Waals surface area contributed by atoms with Crippen molar-refractivity contribution in [1.29, 1.82) is 0 Å². The summed E-state index contributed by atoms with van der Waals surface area (Å²) in [7, 11) is 0. The minimum atomic E-state index is -0.355. The molecule has 0 fully saturated rings. The summed E-state index contributed by atoms with van der Waals surface area (Å²) in [5, 5.41) is 0.751. The fraction of sp³-hybridized carbons (Fsp3) is 0.0833. The summed E-state index contributed by atoms with van der Waals surface area (Å²) >= 11 is 3.44. The third-order valence-electron chi connectivity index (χ3n) is 5.29. The van der Waals surface area contributed by atoms with Crippen LogP contribution in [0.15, 0.2) is 88.1 Å². The van der Waals surface area contributed by atoms with Crippen molar-refractivity contribution in [1.82, 2.24) is 4.57 Å². The van der Waals surface area contributed by atoms with E-state index in [1.165, 1.54) is 0 Å². The molecule has 1 atom stereocenters. The standard InChI is InChI=1S/C24H16BrNO3/c25-16-12-10-15(11-13-16)19-14-21(27)29-23-18-8-4-5-9-20(18)26(24(28)22(19)23)17-6-2-1-3-7-17/h1-13,19H,14H2. The zero-order valence-electron chi connectivity index (χ0n) is 15.3. The van der Waals surface area contributed by atoms with Gasteiger partial charge in [0, 0.05) is 21.5 Å². The molecular formula is C24H16BrNO3. The van der Waals surface area contributed by atoms with E-state index in [2.05, 4.69) is 15.9 Å². The molecule has 0 spiro atoms.